The minimum atomic E-state index is -0.851. The van der Waals surface area contributed by atoms with Crippen molar-refractivity contribution in [2.75, 3.05) is 0 Å². The predicted octanol–water partition coefficient (Wildman–Crippen LogP) is 3.33. The zero-order valence-electron chi connectivity index (χ0n) is 11.3. The number of aryl methyl sites for hydroxylation is 2. The Morgan fingerprint density at radius 1 is 1.33 bits per heavy atom. The van der Waals surface area contributed by atoms with Crippen molar-refractivity contribution < 1.29 is 9.90 Å². The number of carbonyl (C=O) groups is 1. The molecule has 96 valence electrons. The van der Waals surface area contributed by atoms with Crippen LogP contribution in [0.3, 0.4) is 0 Å². The van der Waals surface area contributed by atoms with E-state index in [0.717, 1.165) is 17.5 Å². The number of rotatable bonds is 3. The van der Waals surface area contributed by atoms with Crippen molar-refractivity contribution in [1.29, 1.82) is 0 Å². The third kappa shape index (κ3) is 1.80. The van der Waals surface area contributed by atoms with E-state index in [2.05, 4.69) is 24.5 Å². The van der Waals surface area contributed by atoms with Gasteiger partial charge < -0.3 is 9.67 Å². The average Bonchev–Trinajstić information content (AvgIpc) is 2.62. The van der Waals surface area contributed by atoms with E-state index in [0.29, 0.717) is 0 Å². The summed E-state index contributed by atoms with van der Waals surface area (Å²) in [6.45, 7) is 8.59. The fraction of sp³-hybridized carbons (Fsp3) is 0.400. The molecule has 0 fully saturated rings. The van der Waals surface area contributed by atoms with Crippen LogP contribution in [0.15, 0.2) is 24.3 Å². The van der Waals surface area contributed by atoms with E-state index in [4.69, 9.17) is 0 Å². The molecule has 0 aliphatic heterocycles. The highest BCUT2D eigenvalue weighted by Crippen LogP contribution is 2.28. The highest BCUT2D eigenvalue weighted by Gasteiger charge is 2.29. The van der Waals surface area contributed by atoms with Gasteiger partial charge in [-0.2, -0.15) is 0 Å². The third-order valence-electron chi connectivity index (χ3n) is 3.68. The van der Waals surface area contributed by atoms with Crippen molar-refractivity contribution in [3.63, 3.8) is 0 Å². The molecule has 18 heavy (non-hydrogen) atoms. The Morgan fingerprint density at radius 3 is 2.56 bits per heavy atom. The maximum Gasteiger partial charge on any atom is 0.313 e. The second-order valence-corrected chi connectivity index (χ2v) is 5.23. The molecule has 0 bridgehead atoms. The van der Waals surface area contributed by atoms with Crippen LogP contribution in [-0.4, -0.2) is 15.6 Å². The molecular formula is C15H19NO2. The van der Waals surface area contributed by atoms with Crippen LogP contribution in [0.25, 0.3) is 10.9 Å². The lowest BCUT2D eigenvalue weighted by molar-refractivity contribution is -0.142. The van der Waals surface area contributed by atoms with E-state index in [1.807, 2.05) is 18.2 Å². The molecule has 0 radical (unpaired) electrons. The standard InChI is InChI=1S/C15H19NO2/c1-5-16-10(2)8-11-9-12(6-7-13(11)16)15(3,4)14(17)18/h6-9H,5H2,1-4H3,(H,17,18). The van der Waals surface area contributed by atoms with Crippen LogP contribution < -0.4 is 0 Å². The van der Waals surface area contributed by atoms with Gasteiger partial charge in [-0.15, -0.1) is 0 Å². The zero-order valence-corrected chi connectivity index (χ0v) is 11.3. The number of carboxylic acids is 1. The zero-order chi connectivity index (χ0) is 13.5. The molecule has 2 rings (SSSR count). The number of hydrogen-bond donors (Lipinski definition) is 1. The summed E-state index contributed by atoms with van der Waals surface area (Å²) in [7, 11) is 0. The summed E-state index contributed by atoms with van der Waals surface area (Å²) < 4.78 is 2.23. The van der Waals surface area contributed by atoms with Crippen LogP contribution in [0.4, 0.5) is 0 Å². The molecule has 1 aromatic carbocycles. The van der Waals surface area contributed by atoms with E-state index in [1.165, 1.54) is 11.2 Å². The Labute approximate surface area is 107 Å². The van der Waals surface area contributed by atoms with Gasteiger partial charge in [-0.1, -0.05) is 6.07 Å². The summed E-state index contributed by atoms with van der Waals surface area (Å²) in [5.74, 6) is -0.798. The molecule has 1 heterocycles. The Morgan fingerprint density at radius 2 is 2.00 bits per heavy atom. The van der Waals surface area contributed by atoms with Crippen molar-refractivity contribution in [2.24, 2.45) is 0 Å². The van der Waals surface area contributed by atoms with Gasteiger partial charge in [-0.3, -0.25) is 4.79 Å². The van der Waals surface area contributed by atoms with Gasteiger partial charge in [0.25, 0.3) is 0 Å². The van der Waals surface area contributed by atoms with Crippen molar-refractivity contribution in [2.45, 2.75) is 39.7 Å². The van der Waals surface area contributed by atoms with Crippen LogP contribution >= 0.6 is 0 Å². The molecule has 0 atom stereocenters. The maximum absolute atomic E-state index is 11.3. The molecule has 0 aliphatic carbocycles. The summed E-state index contributed by atoms with van der Waals surface area (Å²) in [5.41, 5.74) is 2.37. The number of benzene rings is 1. The fourth-order valence-corrected chi connectivity index (χ4v) is 2.34. The smallest absolute Gasteiger partial charge is 0.313 e. The Kier molecular flexibility index (Phi) is 2.93. The molecule has 0 aliphatic rings. The Hall–Kier alpha value is -1.77. The van der Waals surface area contributed by atoms with E-state index in [-0.39, 0.29) is 0 Å². The lowest BCUT2D eigenvalue weighted by atomic mass is 9.84. The van der Waals surface area contributed by atoms with Crippen LogP contribution in [0.1, 0.15) is 32.0 Å². The highest BCUT2D eigenvalue weighted by molar-refractivity contribution is 5.86. The van der Waals surface area contributed by atoms with E-state index < -0.39 is 11.4 Å². The summed E-state index contributed by atoms with van der Waals surface area (Å²) in [6.07, 6.45) is 0. The molecule has 1 N–H and O–H groups in total. The monoisotopic (exact) mass is 245 g/mol. The number of fused-ring (bicyclic) bond motifs is 1. The molecule has 3 nitrogen and oxygen atoms in total. The van der Waals surface area contributed by atoms with Crippen molar-refractivity contribution in [3.05, 3.63) is 35.5 Å². The number of hydrogen-bond acceptors (Lipinski definition) is 1. The van der Waals surface area contributed by atoms with Crippen molar-refractivity contribution in [3.8, 4) is 0 Å². The normalized spacial score (nSPS) is 12.0. The van der Waals surface area contributed by atoms with E-state index >= 15 is 0 Å². The van der Waals surface area contributed by atoms with Gasteiger partial charge in [-0.25, -0.2) is 0 Å². The number of nitrogens with zero attached hydrogens (tertiary/aromatic N) is 1. The molecular weight excluding hydrogens is 226 g/mol. The summed E-state index contributed by atoms with van der Waals surface area (Å²) in [5, 5.41) is 10.4. The lowest BCUT2D eigenvalue weighted by Gasteiger charge is -2.19. The third-order valence-corrected chi connectivity index (χ3v) is 3.68. The van der Waals surface area contributed by atoms with Crippen LogP contribution in [0, 0.1) is 6.92 Å². The number of aliphatic carboxylic acids is 1. The number of aromatic nitrogens is 1. The fourth-order valence-electron chi connectivity index (χ4n) is 2.34. The summed E-state index contributed by atoms with van der Waals surface area (Å²) >= 11 is 0. The molecule has 3 heteroatoms. The van der Waals surface area contributed by atoms with E-state index in [1.54, 1.807) is 13.8 Å². The van der Waals surface area contributed by atoms with Gasteiger partial charge in [0.15, 0.2) is 0 Å². The van der Waals surface area contributed by atoms with Gasteiger partial charge in [0.2, 0.25) is 0 Å². The minimum absolute atomic E-state index is 0.798. The lowest BCUT2D eigenvalue weighted by Crippen LogP contribution is -2.28. The van der Waals surface area contributed by atoms with Gasteiger partial charge in [-0.05, 0) is 51.5 Å². The predicted molar refractivity (Wildman–Crippen MR) is 73.0 cm³/mol. The molecule has 0 saturated carbocycles. The van der Waals surface area contributed by atoms with Crippen molar-refractivity contribution in [1.82, 2.24) is 4.57 Å². The SMILES string of the molecule is CCn1c(C)cc2cc(C(C)(C)C(=O)O)ccc21. The topological polar surface area (TPSA) is 42.2 Å². The first kappa shape index (κ1) is 12.7. The largest absolute Gasteiger partial charge is 0.481 e. The average molecular weight is 245 g/mol. The molecule has 0 spiro atoms. The first-order valence-electron chi connectivity index (χ1n) is 6.21. The Balaban J connectivity index is 2.62. The maximum atomic E-state index is 11.3. The highest BCUT2D eigenvalue weighted by atomic mass is 16.4. The first-order valence-corrected chi connectivity index (χ1v) is 6.21. The summed E-state index contributed by atoms with van der Waals surface area (Å²) in [4.78, 5) is 11.3. The van der Waals surface area contributed by atoms with E-state index in [9.17, 15) is 9.90 Å². The quantitative estimate of drug-likeness (QED) is 0.901. The van der Waals surface area contributed by atoms with Crippen LogP contribution in [0.2, 0.25) is 0 Å². The molecule has 0 unspecified atom stereocenters. The minimum Gasteiger partial charge on any atom is -0.481 e. The molecule has 0 amide bonds. The van der Waals surface area contributed by atoms with Crippen LogP contribution in [-0.2, 0) is 16.8 Å². The molecule has 1 aromatic heterocycles. The van der Waals surface area contributed by atoms with Gasteiger partial charge >= 0.3 is 5.97 Å². The molecule has 2 aromatic rings. The van der Waals surface area contributed by atoms with Gasteiger partial charge in [0, 0.05) is 23.1 Å². The van der Waals surface area contributed by atoms with Gasteiger partial charge in [0.05, 0.1) is 5.41 Å². The van der Waals surface area contributed by atoms with Crippen molar-refractivity contribution >= 4 is 16.9 Å². The summed E-state index contributed by atoms with van der Waals surface area (Å²) in [6, 6.07) is 8.04. The number of carboxylic acid groups (broad SMARTS) is 1. The second-order valence-electron chi connectivity index (χ2n) is 5.23. The van der Waals surface area contributed by atoms with Crippen LogP contribution in [0.5, 0.6) is 0 Å². The Bertz CT molecular complexity index is 608. The second kappa shape index (κ2) is 4.16. The van der Waals surface area contributed by atoms with Gasteiger partial charge in [0.1, 0.15) is 0 Å². The first-order chi connectivity index (χ1) is 8.37. The molecule has 0 saturated heterocycles.